The maximum absolute atomic E-state index is 12.9. The molecule has 0 radical (unpaired) electrons. The third-order valence-corrected chi connectivity index (χ3v) is 4.96. The smallest absolute Gasteiger partial charge is 0.481 e. The molecule has 0 atom stereocenters. The molecule has 0 saturated heterocycles. The zero-order chi connectivity index (χ0) is 25.1. The van der Waals surface area contributed by atoms with Gasteiger partial charge in [0.25, 0.3) is 0 Å². The second-order valence-electron chi connectivity index (χ2n) is 7.64. The average Bonchev–Trinajstić information content (AvgIpc) is 2.83. The molecule has 0 aliphatic carbocycles. The molecule has 0 spiro atoms. The van der Waals surface area contributed by atoms with E-state index in [-0.39, 0.29) is 24.3 Å². The van der Waals surface area contributed by atoms with Crippen molar-refractivity contribution in [2.24, 2.45) is 5.16 Å². The minimum atomic E-state index is -4.83. The first-order valence-corrected chi connectivity index (χ1v) is 10.9. The second-order valence-corrected chi connectivity index (χ2v) is 7.64. The molecule has 0 fully saturated rings. The van der Waals surface area contributed by atoms with Gasteiger partial charge in [0.1, 0.15) is 12.4 Å². The largest absolute Gasteiger partial charge is 0.573 e. The zero-order valence-electron chi connectivity index (χ0n) is 18.8. The summed E-state index contributed by atoms with van der Waals surface area (Å²) in [5.74, 6) is -1.18. The molecule has 3 aromatic rings. The number of nitrogens with one attached hydrogen (secondary N) is 1. The van der Waals surface area contributed by atoms with Crippen molar-refractivity contribution in [2.45, 2.75) is 32.4 Å². The molecule has 0 saturated carbocycles. The summed E-state index contributed by atoms with van der Waals surface area (Å²) in [7, 11) is 0. The molecule has 0 unspecified atom stereocenters. The topological polar surface area (TPSA) is 80.2 Å². The van der Waals surface area contributed by atoms with Crippen LogP contribution in [-0.4, -0.2) is 30.2 Å². The third-order valence-electron chi connectivity index (χ3n) is 4.96. The fourth-order valence-electron chi connectivity index (χ4n) is 3.23. The predicted octanol–water partition coefficient (Wildman–Crippen LogP) is 5.56. The molecular weight excluding hydrogens is 461 g/mol. The van der Waals surface area contributed by atoms with Crippen LogP contribution in [0.2, 0.25) is 0 Å². The molecule has 184 valence electrons. The summed E-state index contributed by atoms with van der Waals surface area (Å²) in [4.78, 5) is 15.7. The maximum atomic E-state index is 12.9. The summed E-state index contributed by atoms with van der Waals surface area (Å²) in [6.07, 6.45) is -2.75. The number of halogens is 3. The first-order valence-electron chi connectivity index (χ1n) is 10.9. The predicted molar refractivity (Wildman–Crippen MR) is 126 cm³/mol. The van der Waals surface area contributed by atoms with Crippen LogP contribution in [-0.2, 0) is 29.2 Å². The number of ether oxygens (including phenoxy) is 1. The van der Waals surface area contributed by atoms with Crippen molar-refractivity contribution < 1.29 is 32.6 Å². The van der Waals surface area contributed by atoms with Gasteiger partial charge in [-0.3, -0.25) is 4.79 Å². The van der Waals surface area contributed by atoms with E-state index in [1.165, 1.54) is 18.3 Å². The van der Waals surface area contributed by atoms with Gasteiger partial charge in [0.05, 0.1) is 6.42 Å². The lowest BCUT2D eigenvalue weighted by molar-refractivity contribution is -0.275. The van der Waals surface area contributed by atoms with E-state index in [0.29, 0.717) is 25.1 Å². The van der Waals surface area contributed by atoms with Crippen LogP contribution in [0.15, 0.2) is 78.0 Å². The van der Waals surface area contributed by atoms with Crippen LogP contribution in [0.1, 0.15) is 23.1 Å². The van der Waals surface area contributed by atoms with E-state index < -0.39 is 12.3 Å². The lowest BCUT2D eigenvalue weighted by Gasteiger charge is -2.14. The van der Waals surface area contributed by atoms with Crippen LogP contribution in [0, 0.1) is 0 Å². The zero-order valence-corrected chi connectivity index (χ0v) is 18.8. The van der Waals surface area contributed by atoms with Crippen molar-refractivity contribution in [2.75, 3.05) is 6.54 Å². The highest BCUT2D eigenvalue weighted by atomic mass is 19.4. The van der Waals surface area contributed by atoms with Crippen LogP contribution >= 0.6 is 0 Å². The van der Waals surface area contributed by atoms with Gasteiger partial charge in [0, 0.05) is 31.3 Å². The average molecular weight is 486 g/mol. The Morgan fingerprint density at radius 2 is 1.69 bits per heavy atom. The Labute approximate surface area is 201 Å². The van der Waals surface area contributed by atoms with E-state index in [9.17, 15) is 18.0 Å². The molecule has 0 aliphatic heterocycles. The summed E-state index contributed by atoms with van der Waals surface area (Å²) >= 11 is 0. The Kier molecular flexibility index (Phi) is 9.25. The van der Waals surface area contributed by atoms with Crippen molar-refractivity contribution in [1.82, 2.24) is 5.32 Å². The summed E-state index contributed by atoms with van der Waals surface area (Å²) in [5, 5.41) is 15.5. The van der Waals surface area contributed by atoms with Crippen molar-refractivity contribution >= 4 is 12.2 Å². The fraction of sp³-hybridized carbons (Fsp3) is 0.231. The van der Waals surface area contributed by atoms with Gasteiger partial charge >= 0.3 is 12.3 Å². The number of carbonyl (C=O) groups is 1. The van der Waals surface area contributed by atoms with Gasteiger partial charge < -0.3 is 20.0 Å². The monoisotopic (exact) mass is 486 g/mol. The molecule has 2 N–H and O–H groups in total. The van der Waals surface area contributed by atoms with E-state index in [2.05, 4.69) is 15.2 Å². The van der Waals surface area contributed by atoms with Crippen LogP contribution in [0.5, 0.6) is 5.75 Å². The number of alkyl halides is 3. The van der Waals surface area contributed by atoms with E-state index >= 15 is 0 Å². The van der Waals surface area contributed by atoms with Crippen LogP contribution in [0.25, 0.3) is 11.1 Å². The van der Waals surface area contributed by atoms with Gasteiger partial charge in [0.2, 0.25) is 0 Å². The van der Waals surface area contributed by atoms with Crippen LogP contribution in [0.4, 0.5) is 13.2 Å². The molecule has 9 heteroatoms. The first kappa shape index (κ1) is 25.8. The van der Waals surface area contributed by atoms with Gasteiger partial charge in [-0.25, -0.2) is 0 Å². The van der Waals surface area contributed by atoms with Crippen molar-refractivity contribution in [1.29, 1.82) is 0 Å². The molecule has 0 bridgehead atoms. The van der Waals surface area contributed by atoms with Gasteiger partial charge in [-0.1, -0.05) is 71.9 Å². The molecule has 0 amide bonds. The Bertz CT molecular complexity index is 1120. The van der Waals surface area contributed by atoms with E-state index in [0.717, 1.165) is 16.7 Å². The number of oxime groups is 1. The van der Waals surface area contributed by atoms with E-state index in [1.807, 2.05) is 30.3 Å². The standard InChI is InChI=1S/C26H25F3N2O4/c27-26(28,29)35-24-16-22(21-4-2-1-3-5-21)10-11-23(24)18-34-31-15-12-19-6-8-20(9-7-19)17-30-14-13-25(32)33/h1-11,15-16,30H,12-14,17-18H2,(H,32,33). The molecule has 3 rings (SSSR count). The molecule has 35 heavy (non-hydrogen) atoms. The molecule has 0 aromatic heterocycles. The Morgan fingerprint density at radius 3 is 2.37 bits per heavy atom. The first-order chi connectivity index (χ1) is 16.8. The maximum Gasteiger partial charge on any atom is 0.573 e. The Balaban J connectivity index is 1.53. The minimum Gasteiger partial charge on any atom is -0.481 e. The lowest BCUT2D eigenvalue weighted by Crippen LogP contribution is -2.18. The van der Waals surface area contributed by atoms with E-state index in [1.54, 1.807) is 30.3 Å². The Morgan fingerprint density at radius 1 is 0.971 bits per heavy atom. The highest BCUT2D eigenvalue weighted by Gasteiger charge is 2.32. The summed E-state index contributed by atoms with van der Waals surface area (Å²) in [5.41, 5.74) is 3.58. The van der Waals surface area contributed by atoms with Crippen LogP contribution < -0.4 is 10.1 Å². The van der Waals surface area contributed by atoms with Gasteiger partial charge in [-0.15, -0.1) is 13.2 Å². The second kappa shape index (κ2) is 12.6. The summed E-state index contributed by atoms with van der Waals surface area (Å²) in [6, 6.07) is 21.3. The minimum absolute atomic E-state index is 0.0650. The van der Waals surface area contributed by atoms with Crippen molar-refractivity contribution in [3.8, 4) is 16.9 Å². The number of hydrogen-bond acceptors (Lipinski definition) is 5. The van der Waals surface area contributed by atoms with Gasteiger partial charge in [0.15, 0.2) is 0 Å². The molecule has 0 heterocycles. The number of rotatable bonds is 12. The number of aliphatic carboxylic acids is 1. The fourth-order valence-corrected chi connectivity index (χ4v) is 3.23. The van der Waals surface area contributed by atoms with Crippen LogP contribution in [0.3, 0.4) is 0 Å². The lowest BCUT2D eigenvalue weighted by atomic mass is 10.0. The molecule has 6 nitrogen and oxygen atoms in total. The number of nitrogens with zero attached hydrogens (tertiary/aromatic N) is 1. The summed E-state index contributed by atoms with van der Waals surface area (Å²) in [6.45, 7) is 0.778. The third kappa shape index (κ3) is 9.13. The number of benzene rings is 3. The Hall–Kier alpha value is -3.85. The molecule has 0 aliphatic rings. The van der Waals surface area contributed by atoms with Gasteiger partial charge in [-0.2, -0.15) is 0 Å². The SMILES string of the molecule is O=C(O)CCNCc1ccc(CC=NOCc2ccc(-c3ccccc3)cc2OC(F)(F)F)cc1. The van der Waals surface area contributed by atoms with Crippen molar-refractivity contribution in [3.05, 3.63) is 89.5 Å². The highest BCUT2D eigenvalue weighted by molar-refractivity contribution is 5.67. The normalized spacial score (nSPS) is 11.5. The number of carboxylic acid groups (broad SMARTS) is 1. The highest BCUT2D eigenvalue weighted by Crippen LogP contribution is 2.32. The van der Waals surface area contributed by atoms with Crippen molar-refractivity contribution in [3.63, 3.8) is 0 Å². The summed E-state index contributed by atoms with van der Waals surface area (Å²) < 4.78 is 43.0. The van der Waals surface area contributed by atoms with E-state index in [4.69, 9.17) is 9.94 Å². The van der Waals surface area contributed by atoms with Gasteiger partial charge in [-0.05, 0) is 28.3 Å². The number of hydrogen-bond donors (Lipinski definition) is 2. The molecule has 3 aromatic carbocycles. The molecular formula is C26H25F3N2O4. The number of carboxylic acids is 1. The quantitative estimate of drug-likeness (QED) is 0.199.